The van der Waals surface area contributed by atoms with Gasteiger partial charge in [0, 0.05) is 13.1 Å². The molecule has 2 aliphatic heterocycles. The summed E-state index contributed by atoms with van der Waals surface area (Å²) in [6.45, 7) is 24.4. The van der Waals surface area contributed by atoms with E-state index in [1.807, 2.05) is 0 Å². The van der Waals surface area contributed by atoms with E-state index >= 15 is 0 Å². The summed E-state index contributed by atoms with van der Waals surface area (Å²) < 4.78 is 0. The van der Waals surface area contributed by atoms with Crippen molar-refractivity contribution in [2.75, 3.05) is 39.3 Å². The van der Waals surface area contributed by atoms with Gasteiger partial charge >= 0.3 is 0 Å². The Bertz CT molecular complexity index is 854. The number of hydrogen-bond donors (Lipinski definition) is 0. The van der Waals surface area contributed by atoms with Gasteiger partial charge in [-0.2, -0.15) is 0 Å². The maximum absolute atomic E-state index is 4.02. The second-order valence-corrected chi connectivity index (χ2v) is 10.6. The second kappa shape index (κ2) is 13.1. The lowest BCUT2D eigenvalue weighted by Gasteiger charge is -2.21. The third kappa shape index (κ3) is 7.96. The number of likely N-dealkylation sites (tertiary alicyclic amines) is 2. The highest BCUT2D eigenvalue weighted by Gasteiger charge is 2.17. The Morgan fingerprint density at radius 3 is 1.35 bits per heavy atom. The van der Waals surface area contributed by atoms with Crippen LogP contribution in [-0.2, 0) is 0 Å². The first kappa shape index (κ1) is 26.4. The lowest BCUT2D eigenvalue weighted by molar-refractivity contribution is 0.320. The van der Waals surface area contributed by atoms with Gasteiger partial charge in [0.15, 0.2) is 0 Å². The highest BCUT2D eigenvalue weighted by molar-refractivity contribution is 5.62. The van der Waals surface area contributed by atoms with E-state index in [0.717, 1.165) is 11.1 Å². The Morgan fingerprint density at radius 2 is 1.03 bits per heavy atom. The van der Waals surface area contributed by atoms with E-state index in [0.29, 0.717) is 11.8 Å². The van der Waals surface area contributed by atoms with E-state index in [4.69, 9.17) is 0 Å². The van der Waals surface area contributed by atoms with Gasteiger partial charge in [-0.3, -0.25) is 0 Å². The van der Waals surface area contributed by atoms with E-state index in [2.05, 4.69) is 99.2 Å². The van der Waals surface area contributed by atoms with Gasteiger partial charge in [0.05, 0.1) is 0 Å². The van der Waals surface area contributed by atoms with E-state index in [1.54, 1.807) is 0 Å². The van der Waals surface area contributed by atoms with Crippen LogP contribution in [0.3, 0.4) is 0 Å². The topological polar surface area (TPSA) is 6.48 Å². The largest absolute Gasteiger partial charge is 0.303 e. The SMILES string of the molecule is C=C(C)c1cccc(C(C)CN2CCCC2)c1.C=C(C)c1cccc(C(C)CN2CCCC2)c1. The molecule has 2 atom stereocenters. The molecule has 2 aliphatic rings. The average Bonchev–Trinajstić information content (AvgIpc) is 3.54. The molecule has 2 heteroatoms. The lowest BCUT2D eigenvalue weighted by atomic mass is 9.97. The van der Waals surface area contributed by atoms with Crippen LogP contribution in [0.5, 0.6) is 0 Å². The molecule has 0 saturated carbocycles. The molecule has 0 N–H and O–H groups in total. The van der Waals surface area contributed by atoms with Crippen molar-refractivity contribution in [3.05, 3.63) is 83.9 Å². The zero-order valence-corrected chi connectivity index (χ0v) is 22.2. The molecular formula is C32H46N2. The third-order valence-electron chi connectivity index (χ3n) is 7.36. The van der Waals surface area contributed by atoms with Crippen LogP contribution < -0.4 is 0 Å². The molecule has 2 nitrogen and oxygen atoms in total. The van der Waals surface area contributed by atoms with Crippen molar-refractivity contribution in [2.45, 2.75) is 65.2 Å². The van der Waals surface area contributed by atoms with E-state index in [9.17, 15) is 0 Å². The maximum atomic E-state index is 4.02. The molecule has 2 aromatic rings. The van der Waals surface area contributed by atoms with Crippen LogP contribution in [0, 0.1) is 0 Å². The summed E-state index contributed by atoms with van der Waals surface area (Å²) in [6, 6.07) is 17.7. The number of hydrogen-bond acceptors (Lipinski definition) is 2. The number of benzene rings is 2. The molecule has 2 aromatic carbocycles. The second-order valence-electron chi connectivity index (χ2n) is 10.6. The van der Waals surface area contributed by atoms with E-state index in [-0.39, 0.29) is 0 Å². The van der Waals surface area contributed by atoms with Crippen LogP contribution >= 0.6 is 0 Å². The highest BCUT2D eigenvalue weighted by atomic mass is 15.1. The van der Waals surface area contributed by atoms with Crippen molar-refractivity contribution in [2.24, 2.45) is 0 Å². The Morgan fingerprint density at radius 1 is 0.676 bits per heavy atom. The van der Waals surface area contributed by atoms with Gasteiger partial charge in [-0.15, -0.1) is 0 Å². The van der Waals surface area contributed by atoms with Crippen molar-refractivity contribution in [1.29, 1.82) is 0 Å². The summed E-state index contributed by atoms with van der Waals surface area (Å²) in [4.78, 5) is 5.16. The zero-order valence-electron chi connectivity index (χ0n) is 22.2. The molecule has 0 aliphatic carbocycles. The summed E-state index contributed by atoms with van der Waals surface area (Å²) in [5.41, 5.74) is 7.74. The number of rotatable bonds is 8. The maximum Gasteiger partial charge on any atom is 0.00476 e. The van der Waals surface area contributed by atoms with Crippen LogP contribution in [0.4, 0.5) is 0 Å². The fourth-order valence-corrected chi connectivity index (χ4v) is 5.14. The van der Waals surface area contributed by atoms with Gasteiger partial charge in [0.1, 0.15) is 0 Å². The van der Waals surface area contributed by atoms with Gasteiger partial charge in [0.25, 0.3) is 0 Å². The minimum absolute atomic E-state index is 0.618. The summed E-state index contributed by atoms with van der Waals surface area (Å²) >= 11 is 0. The summed E-state index contributed by atoms with van der Waals surface area (Å²) in [6.07, 6.45) is 5.49. The number of nitrogens with zero attached hydrogens (tertiary/aromatic N) is 2. The average molecular weight is 459 g/mol. The quantitative estimate of drug-likeness (QED) is 0.397. The minimum Gasteiger partial charge on any atom is -0.303 e. The molecule has 0 radical (unpaired) electrons. The highest BCUT2D eigenvalue weighted by Crippen LogP contribution is 2.23. The lowest BCUT2D eigenvalue weighted by Crippen LogP contribution is -2.24. The van der Waals surface area contributed by atoms with Crippen LogP contribution in [0.2, 0.25) is 0 Å². The van der Waals surface area contributed by atoms with Gasteiger partial charge in [0.2, 0.25) is 0 Å². The molecule has 0 aromatic heterocycles. The van der Waals surface area contributed by atoms with Crippen LogP contribution in [0.25, 0.3) is 11.1 Å². The molecule has 2 fully saturated rings. The molecular weight excluding hydrogens is 412 g/mol. The van der Waals surface area contributed by atoms with Gasteiger partial charge in [-0.25, -0.2) is 0 Å². The monoisotopic (exact) mass is 458 g/mol. The molecule has 0 spiro atoms. The van der Waals surface area contributed by atoms with Gasteiger partial charge in [-0.05, 0) is 99.8 Å². The molecule has 0 amide bonds. The van der Waals surface area contributed by atoms with Crippen molar-refractivity contribution in [3.63, 3.8) is 0 Å². The van der Waals surface area contributed by atoms with Crippen molar-refractivity contribution < 1.29 is 0 Å². The van der Waals surface area contributed by atoms with Crippen molar-refractivity contribution in [1.82, 2.24) is 9.80 Å². The molecule has 2 heterocycles. The smallest absolute Gasteiger partial charge is 0.00476 e. The minimum atomic E-state index is 0.618. The normalized spacial score (nSPS) is 18.2. The molecule has 4 rings (SSSR count). The zero-order chi connectivity index (χ0) is 24.5. The standard InChI is InChI=1S/2C16H23N/c2*1-13(2)15-7-6-8-16(11-15)14(3)12-17-9-4-5-10-17/h2*6-8,11,14H,1,4-5,9-10,12H2,2-3H3. The summed E-state index contributed by atoms with van der Waals surface area (Å²) in [5, 5.41) is 0. The Kier molecular flexibility index (Phi) is 10.2. The fraction of sp³-hybridized carbons (Fsp3) is 0.500. The number of allylic oxidation sites excluding steroid dienone is 2. The Hall–Kier alpha value is -2.16. The molecule has 184 valence electrons. The van der Waals surface area contributed by atoms with Gasteiger partial charge < -0.3 is 9.80 Å². The Balaban J connectivity index is 0.000000191. The fourth-order valence-electron chi connectivity index (χ4n) is 5.14. The first-order valence-electron chi connectivity index (χ1n) is 13.3. The van der Waals surface area contributed by atoms with E-state index < -0.39 is 0 Å². The first-order valence-corrected chi connectivity index (χ1v) is 13.3. The van der Waals surface area contributed by atoms with Crippen LogP contribution in [0.15, 0.2) is 61.7 Å². The van der Waals surface area contributed by atoms with Crippen molar-refractivity contribution >= 4 is 11.1 Å². The predicted molar refractivity (Wildman–Crippen MR) is 150 cm³/mol. The molecule has 2 saturated heterocycles. The summed E-state index contributed by atoms with van der Waals surface area (Å²) in [7, 11) is 0. The molecule has 0 bridgehead atoms. The Labute approximate surface area is 209 Å². The van der Waals surface area contributed by atoms with Gasteiger partial charge in [-0.1, -0.05) is 86.7 Å². The molecule has 34 heavy (non-hydrogen) atoms. The van der Waals surface area contributed by atoms with Crippen LogP contribution in [-0.4, -0.2) is 49.1 Å². The van der Waals surface area contributed by atoms with E-state index in [1.165, 1.54) is 87.2 Å². The molecule has 2 unspecified atom stereocenters. The van der Waals surface area contributed by atoms with Crippen LogP contribution in [0.1, 0.15) is 87.5 Å². The predicted octanol–water partition coefficient (Wildman–Crippen LogP) is 7.84. The first-order chi connectivity index (χ1) is 16.3. The third-order valence-corrected chi connectivity index (χ3v) is 7.36. The summed E-state index contributed by atoms with van der Waals surface area (Å²) in [5.74, 6) is 1.24. The van der Waals surface area contributed by atoms with Crippen molar-refractivity contribution in [3.8, 4) is 0 Å².